The molecule has 0 spiro atoms. The van der Waals surface area contributed by atoms with Gasteiger partial charge in [-0.25, -0.2) is 4.79 Å². The number of rotatable bonds is 6. The molecule has 2 N–H and O–H groups in total. The minimum atomic E-state index is -0.963. The van der Waals surface area contributed by atoms with E-state index in [1.807, 2.05) is 42.5 Å². The van der Waals surface area contributed by atoms with Crippen LogP contribution in [0.3, 0.4) is 0 Å². The molecule has 166 valence electrons. The number of hydrogen-bond acceptors (Lipinski definition) is 4. The molecule has 3 rings (SSSR count). The molecule has 1 aliphatic heterocycles. The van der Waals surface area contributed by atoms with Gasteiger partial charge in [0.15, 0.2) is 0 Å². The molecule has 0 aliphatic carbocycles. The van der Waals surface area contributed by atoms with Crippen molar-refractivity contribution >= 4 is 23.6 Å². The number of nitrogens with zero attached hydrogens (tertiary/aromatic N) is 1. The van der Waals surface area contributed by atoms with E-state index in [0.29, 0.717) is 31.0 Å². The molecule has 0 bridgehead atoms. The number of aliphatic hydroxyl groups is 1. The zero-order valence-corrected chi connectivity index (χ0v) is 18.6. The fourth-order valence-corrected chi connectivity index (χ4v) is 3.85. The summed E-state index contributed by atoms with van der Waals surface area (Å²) in [6.07, 6.45) is 0.356. The first-order chi connectivity index (χ1) is 14.8. The molecule has 6 nitrogen and oxygen atoms in total. The SMILES string of the molecule is CC(NC(=O)OCc1ccccc1)C(C)C(=O)N1CCC(O)(c2ccc(Cl)cc2)CC1. The molecule has 0 saturated carbocycles. The van der Waals surface area contributed by atoms with Gasteiger partial charge in [-0.15, -0.1) is 0 Å². The van der Waals surface area contributed by atoms with E-state index in [0.717, 1.165) is 11.1 Å². The number of amides is 2. The van der Waals surface area contributed by atoms with E-state index in [1.54, 1.807) is 30.9 Å². The number of halogens is 1. The van der Waals surface area contributed by atoms with E-state index in [2.05, 4.69) is 5.32 Å². The average Bonchev–Trinajstić information content (AvgIpc) is 2.78. The van der Waals surface area contributed by atoms with Crippen LogP contribution in [0.1, 0.15) is 37.8 Å². The molecule has 1 fully saturated rings. The Kier molecular flexibility index (Phi) is 7.57. The number of hydrogen-bond donors (Lipinski definition) is 2. The molecule has 2 aromatic carbocycles. The largest absolute Gasteiger partial charge is 0.445 e. The first kappa shape index (κ1) is 23.1. The van der Waals surface area contributed by atoms with Crippen LogP contribution in [0.2, 0.25) is 5.02 Å². The topological polar surface area (TPSA) is 78.9 Å². The van der Waals surface area contributed by atoms with E-state index in [9.17, 15) is 14.7 Å². The minimum Gasteiger partial charge on any atom is -0.445 e. The Hall–Kier alpha value is -2.57. The summed E-state index contributed by atoms with van der Waals surface area (Å²) in [7, 11) is 0. The Morgan fingerprint density at radius 1 is 1.10 bits per heavy atom. The molecule has 2 atom stereocenters. The third kappa shape index (κ3) is 5.99. The van der Waals surface area contributed by atoms with Crippen LogP contribution in [0.25, 0.3) is 0 Å². The van der Waals surface area contributed by atoms with E-state index < -0.39 is 17.6 Å². The van der Waals surface area contributed by atoms with Crippen molar-refractivity contribution in [2.24, 2.45) is 5.92 Å². The first-order valence-corrected chi connectivity index (χ1v) is 10.9. The number of carbonyl (C=O) groups is 2. The number of benzene rings is 2. The highest BCUT2D eigenvalue weighted by atomic mass is 35.5. The number of nitrogens with one attached hydrogen (secondary N) is 1. The normalized spacial score (nSPS) is 17.5. The van der Waals surface area contributed by atoms with Gasteiger partial charge in [-0.2, -0.15) is 0 Å². The van der Waals surface area contributed by atoms with Crippen molar-refractivity contribution < 1.29 is 19.4 Å². The van der Waals surface area contributed by atoms with Gasteiger partial charge in [-0.05, 0) is 43.0 Å². The quantitative estimate of drug-likeness (QED) is 0.703. The van der Waals surface area contributed by atoms with Gasteiger partial charge in [-0.3, -0.25) is 4.79 Å². The molecule has 2 aromatic rings. The zero-order chi connectivity index (χ0) is 22.4. The highest BCUT2D eigenvalue weighted by Crippen LogP contribution is 2.33. The van der Waals surface area contributed by atoms with Crippen molar-refractivity contribution in [2.75, 3.05) is 13.1 Å². The maximum Gasteiger partial charge on any atom is 0.407 e. The minimum absolute atomic E-state index is 0.0472. The Bertz CT molecular complexity index is 880. The molecule has 31 heavy (non-hydrogen) atoms. The second-order valence-electron chi connectivity index (χ2n) is 8.15. The van der Waals surface area contributed by atoms with E-state index in [4.69, 9.17) is 16.3 Å². The second-order valence-corrected chi connectivity index (χ2v) is 8.58. The molecule has 1 saturated heterocycles. The maximum absolute atomic E-state index is 12.9. The van der Waals surface area contributed by atoms with Crippen molar-refractivity contribution in [1.82, 2.24) is 10.2 Å². The van der Waals surface area contributed by atoms with Crippen molar-refractivity contribution in [3.8, 4) is 0 Å². The molecule has 0 aromatic heterocycles. The fraction of sp³-hybridized carbons (Fsp3) is 0.417. The van der Waals surface area contributed by atoms with Crippen LogP contribution in [0.15, 0.2) is 54.6 Å². The van der Waals surface area contributed by atoms with Gasteiger partial charge >= 0.3 is 6.09 Å². The van der Waals surface area contributed by atoms with Crippen LogP contribution in [-0.4, -0.2) is 41.1 Å². The van der Waals surface area contributed by atoms with Crippen molar-refractivity contribution in [3.63, 3.8) is 0 Å². The zero-order valence-electron chi connectivity index (χ0n) is 17.9. The highest BCUT2D eigenvalue weighted by molar-refractivity contribution is 6.30. The van der Waals surface area contributed by atoms with Crippen LogP contribution in [0.4, 0.5) is 4.79 Å². The summed E-state index contributed by atoms with van der Waals surface area (Å²) in [6, 6.07) is 16.2. The number of carbonyl (C=O) groups excluding carboxylic acids is 2. The van der Waals surface area contributed by atoms with Crippen LogP contribution in [0, 0.1) is 5.92 Å². The van der Waals surface area contributed by atoms with Gasteiger partial charge in [0, 0.05) is 24.2 Å². The van der Waals surface area contributed by atoms with Crippen LogP contribution < -0.4 is 5.32 Å². The summed E-state index contributed by atoms with van der Waals surface area (Å²) >= 11 is 5.94. The summed E-state index contributed by atoms with van der Waals surface area (Å²) in [6.45, 7) is 4.67. The summed E-state index contributed by atoms with van der Waals surface area (Å²) in [5.41, 5.74) is 0.750. The number of piperidine rings is 1. The maximum atomic E-state index is 12.9. The van der Waals surface area contributed by atoms with Gasteiger partial charge < -0.3 is 20.1 Å². The second kappa shape index (κ2) is 10.2. The summed E-state index contributed by atoms with van der Waals surface area (Å²) in [5, 5.41) is 14.4. The lowest BCUT2D eigenvalue weighted by Crippen LogP contribution is -2.50. The Morgan fingerprint density at radius 3 is 2.32 bits per heavy atom. The summed E-state index contributed by atoms with van der Waals surface area (Å²) < 4.78 is 5.24. The lowest BCUT2D eigenvalue weighted by molar-refractivity contribution is -0.140. The fourth-order valence-electron chi connectivity index (χ4n) is 3.72. The monoisotopic (exact) mass is 444 g/mol. The molecule has 2 unspecified atom stereocenters. The first-order valence-electron chi connectivity index (χ1n) is 10.5. The Morgan fingerprint density at radius 2 is 1.71 bits per heavy atom. The van der Waals surface area contributed by atoms with E-state index in [1.165, 1.54) is 0 Å². The van der Waals surface area contributed by atoms with Crippen LogP contribution in [0.5, 0.6) is 0 Å². The van der Waals surface area contributed by atoms with Gasteiger partial charge in [0.05, 0.1) is 11.5 Å². The van der Waals surface area contributed by atoms with Crippen LogP contribution >= 0.6 is 11.6 Å². The number of likely N-dealkylation sites (tertiary alicyclic amines) is 1. The third-order valence-corrected chi connectivity index (χ3v) is 6.23. The molecule has 7 heteroatoms. The standard InChI is InChI=1S/C24H29ClN2O4/c1-17(18(2)26-23(29)31-16-19-6-4-3-5-7-19)22(28)27-14-12-24(30,13-15-27)20-8-10-21(25)11-9-20/h3-11,17-18,30H,12-16H2,1-2H3,(H,26,29). The van der Waals surface area contributed by atoms with Crippen molar-refractivity contribution in [1.29, 1.82) is 0 Å². The van der Waals surface area contributed by atoms with Gasteiger partial charge in [0.2, 0.25) is 5.91 Å². The van der Waals surface area contributed by atoms with Crippen molar-refractivity contribution in [3.05, 3.63) is 70.7 Å². The third-order valence-electron chi connectivity index (χ3n) is 5.98. The van der Waals surface area contributed by atoms with Gasteiger partial charge in [-0.1, -0.05) is 61.0 Å². The van der Waals surface area contributed by atoms with Crippen LogP contribution in [-0.2, 0) is 21.7 Å². The van der Waals surface area contributed by atoms with Gasteiger partial charge in [0.25, 0.3) is 0 Å². The molecular formula is C24H29ClN2O4. The summed E-state index contributed by atoms with van der Waals surface area (Å²) in [5.74, 6) is -0.458. The van der Waals surface area contributed by atoms with Crippen molar-refractivity contribution in [2.45, 2.75) is 44.9 Å². The predicted molar refractivity (Wildman–Crippen MR) is 120 cm³/mol. The average molecular weight is 445 g/mol. The van der Waals surface area contributed by atoms with E-state index in [-0.39, 0.29) is 18.6 Å². The molecule has 2 amide bonds. The lowest BCUT2D eigenvalue weighted by Gasteiger charge is -2.40. The number of alkyl carbamates (subject to hydrolysis) is 1. The van der Waals surface area contributed by atoms with Gasteiger partial charge in [0.1, 0.15) is 6.61 Å². The number of ether oxygens (including phenoxy) is 1. The smallest absolute Gasteiger partial charge is 0.407 e. The summed E-state index contributed by atoms with van der Waals surface area (Å²) in [4.78, 5) is 26.8. The molecular weight excluding hydrogens is 416 g/mol. The molecule has 1 heterocycles. The lowest BCUT2D eigenvalue weighted by atomic mass is 9.84. The Balaban J connectivity index is 1.48. The van der Waals surface area contributed by atoms with E-state index >= 15 is 0 Å². The molecule has 1 aliphatic rings. The highest BCUT2D eigenvalue weighted by Gasteiger charge is 2.37. The molecule has 0 radical (unpaired) electrons. The predicted octanol–water partition coefficient (Wildman–Crippen LogP) is 4.10. The Labute approximate surface area is 188 Å².